The molecule has 1 unspecified atom stereocenters. The molecule has 0 saturated carbocycles. The Balaban J connectivity index is 4.21. The number of hydrogen-bond donors (Lipinski definition) is 1. The van der Waals surface area contributed by atoms with E-state index in [-0.39, 0.29) is 47.8 Å². The second kappa shape index (κ2) is 10.5. The topological polar surface area (TPSA) is 75.7 Å². The molecule has 0 fully saturated rings. The van der Waals surface area contributed by atoms with Crippen LogP contribution in [-0.2, 0) is 19.1 Å². The molecule has 0 aliphatic carbocycles. The van der Waals surface area contributed by atoms with Crippen molar-refractivity contribution < 1.29 is 19.1 Å². The molecular formula is C14H26N2O4S. The minimum atomic E-state index is -0.286. The van der Waals surface area contributed by atoms with Crippen molar-refractivity contribution in [3.8, 4) is 0 Å². The van der Waals surface area contributed by atoms with Crippen LogP contribution < -0.4 is 5.32 Å². The number of nitrogens with zero attached hydrogens (tertiary/aromatic N) is 1. The highest BCUT2D eigenvalue weighted by Crippen LogP contribution is 2.15. The lowest BCUT2D eigenvalue weighted by molar-refractivity contribution is -0.140. The van der Waals surface area contributed by atoms with Gasteiger partial charge in [-0.2, -0.15) is 0 Å². The third-order valence-corrected chi connectivity index (χ3v) is 3.84. The molecule has 0 saturated heterocycles. The number of carbonyl (C=O) groups is 3. The van der Waals surface area contributed by atoms with E-state index in [1.807, 2.05) is 27.7 Å². The molecule has 0 aromatic heterocycles. The van der Waals surface area contributed by atoms with Gasteiger partial charge in [-0.3, -0.25) is 14.4 Å². The maximum atomic E-state index is 12.1. The van der Waals surface area contributed by atoms with Gasteiger partial charge in [0.1, 0.15) is 0 Å². The van der Waals surface area contributed by atoms with Crippen LogP contribution in [0.1, 0.15) is 34.1 Å². The second-order valence-electron chi connectivity index (χ2n) is 5.03. The zero-order valence-electron chi connectivity index (χ0n) is 13.5. The van der Waals surface area contributed by atoms with Crippen molar-refractivity contribution in [1.29, 1.82) is 0 Å². The number of carbonyl (C=O) groups excluding carboxylic acids is 3. The first kappa shape index (κ1) is 19.8. The number of thioether (sulfide) groups is 1. The molecule has 0 radical (unpaired) electrons. The van der Waals surface area contributed by atoms with E-state index >= 15 is 0 Å². The smallest absolute Gasteiger partial charge is 0.306 e. The van der Waals surface area contributed by atoms with Crippen LogP contribution in [-0.4, -0.2) is 59.9 Å². The fourth-order valence-corrected chi connectivity index (χ4v) is 2.46. The Labute approximate surface area is 131 Å². The van der Waals surface area contributed by atoms with Crippen molar-refractivity contribution in [2.24, 2.45) is 0 Å². The maximum absolute atomic E-state index is 12.1. The lowest BCUT2D eigenvalue weighted by Crippen LogP contribution is -2.43. The monoisotopic (exact) mass is 318 g/mol. The molecule has 0 aromatic carbocycles. The largest absolute Gasteiger partial charge is 0.469 e. The number of nitrogens with one attached hydrogen (secondary N) is 1. The first-order chi connectivity index (χ1) is 9.79. The first-order valence-electron chi connectivity index (χ1n) is 7.05. The molecule has 0 rings (SSSR count). The highest BCUT2D eigenvalue weighted by Gasteiger charge is 2.18. The Hall–Kier alpha value is -1.24. The molecule has 2 amide bonds. The molecule has 0 aliphatic heterocycles. The Morgan fingerprint density at radius 3 is 2.33 bits per heavy atom. The third kappa shape index (κ3) is 9.33. The molecule has 122 valence electrons. The predicted octanol–water partition coefficient (Wildman–Crippen LogP) is 1.04. The lowest BCUT2D eigenvalue weighted by atomic mass is 10.3. The summed E-state index contributed by atoms with van der Waals surface area (Å²) in [6, 6.07) is 0.0563. The second-order valence-corrected chi connectivity index (χ2v) is 6.46. The molecule has 1 N–H and O–H groups in total. The van der Waals surface area contributed by atoms with Crippen LogP contribution in [0.2, 0.25) is 0 Å². The van der Waals surface area contributed by atoms with Crippen molar-refractivity contribution in [3.05, 3.63) is 0 Å². The van der Waals surface area contributed by atoms with Gasteiger partial charge in [0.05, 0.1) is 25.8 Å². The van der Waals surface area contributed by atoms with Crippen LogP contribution in [0.15, 0.2) is 0 Å². The number of ether oxygens (including phenoxy) is 1. The number of hydrogen-bond acceptors (Lipinski definition) is 5. The highest BCUT2D eigenvalue weighted by molar-refractivity contribution is 8.00. The van der Waals surface area contributed by atoms with E-state index in [4.69, 9.17) is 0 Å². The van der Waals surface area contributed by atoms with Crippen LogP contribution in [0, 0.1) is 0 Å². The van der Waals surface area contributed by atoms with Crippen molar-refractivity contribution in [3.63, 3.8) is 0 Å². The van der Waals surface area contributed by atoms with Gasteiger partial charge in [0, 0.05) is 17.8 Å². The van der Waals surface area contributed by atoms with Crippen LogP contribution in [0.25, 0.3) is 0 Å². The maximum Gasteiger partial charge on any atom is 0.306 e. The number of amides is 2. The molecule has 21 heavy (non-hydrogen) atoms. The summed E-state index contributed by atoms with van der Waals surface area (Å²) in [6.45, 7) is 8.01. The van der Waals surface area contributed by atoms with Gasteiger partial charge in [-0.1, -0.05) is 6.92 Å². The van der Waals surface area contributed by atoms with Crippen LogP contribution >= 0.6 is 11.8 Å². The quantitative estimate of drug-likeness (QED) is 0.643. The Morgan fingerprint density at radius 2 is 1.86 bits per heavy atom. The van der Waals surface area contributed by atoms with E-state index in [2.05, 4.69) is 10.1 Å². The first-order valence-corrected chi connectivity index (χ1v) is 8.10. The standard InChI is InChI=1S/C14H26N2O4S/c1-6-16(8-12(17)15-10(2)3)13(18)9-21-11(4)7-14(19)20-5/h10-11H,6-9H2,1-5H3,(H,15,17). The van der Waals surface area contributed by atoms with E-state index < -0.39 is 0 Å². The summed E-state index contributed by atoms with van der Waals surface area (Å²) < 4.78 is 4.59. The normalized spacial score (nSPS) is 11.9. The average molecular weight is 318 g/mol. The predicted molar refractivity (Wildman–Crippen MR) is 84.1 cm³/mol. The number of methoxy groups -OCH3 is 1. The minimum absolute atomic E-state index is 0.00426. The van der Waals surface area contributed by atoms with Gasteiger partial charge < -0.3 is 15.0 Å². The molecule has 0 bridgehead atoms. The fourth-order valence-electron chi connectivity index (χ4n) is 1.60. The van der Waals surface area contributed by atoms with Gasteiger partial charge in [0.2, 0.25) is 11.8 Å². The van der Waals surface area contributed by atoms with E-state index in [1.54, 1.807) is 0 Å². The van der Waals surface area contributed by atoms with Crippen LogP contribution in [0.3, 0.4) is 0 Å². The zero-order valence-corrected chi connectivity index (χ0v) is 14.3. The summed E-state index contributed by atoms with van der Waals surface area (Å²) in [7, 11) is 1.34. The number of rotatable bonds is 9. The zero-order chi connectivity index (χ0) is 16.4. The van der Waals surface area contributed by atoms with Gasteiger partial charge in [0.25, 0.3) is 0 Å². The van der Waals surface area contributed by atoms with Crippen molar-refractivity contribution in [1.82, 2.24) is 10.2 Å². The molecule has 1 atom stereocenters. The van der Waals surface area contributed by atoms with E-state index in [0.29, 0.717) is 6.54 Å². The van der Waals surface area contributed by atoms with E-state index in [0.717, 1.165) is 0 Å². The Bertz CT molecular complexity index is 361. The Kier molecular flexibility index (Phi) is 9.86. The van der Waals surface area contributed by atoms with Crippen molar-refractivity contribution >= 4 is 29.5 Å². The molecule has 0 heterocycles. The molecular weight excluding hydrogens is 292 g/mol. The number of likely N-dealkylation sites (N-methyl/N-ethyl adjacent to an activating group) is 1. The minimum Gasteiger partial charge on any atom is -0.469 e. The molecule has 0 aromatic rings. The molecule has 6 nitrogen and oxygen atoms in total. The number of esters is 1. The summed E-state index contributed by atoms with van der Waals surface area (Å²) in [6.07, 6.45) is 0.272. The molecule has 0 spiro atoms. The van der Waals surface area contributed by atoms with E-state index in [9.17, 15) is 14.4 Å². The lowest BCUT2D eigenvalue weighted by Gasteiger charge is -2.21. The SMILES string of the molecule is CCN(CC(=O)NC(C)C)C(=O)CSC(C)CC(=O)OC. The fraction of sp³-hybridized carbons (Fsp3) is 0.786. The highest BCUT2D eigenvalue weighted by atomic mass is 32.2. The van der Waals surface area contributed by atoms with Gasteiger partial charge in [-0.05, 0) is 20.8 Å². The summed E-state index contributed by atoms with van der Waals surface area (Å²) >= 11 is 1.39. The molecule has 7 heteroatoms. The average Bonchev–Trinajstić information content (AvgIpc) is 2.41. The Morgan fingerprint density at radius 1 is 1.24 bits per heavy atom. The summed E-state index contributed by atoms with van der Waals surface area (Å²) in [5.41, 5.74) is 0. The van der Waals surface area contributed by atoms with Gasteiger partial charge >= 0.3 is 5.97 Å². The van der Waals surface area contributed by atoms with Crippen molar-refractivity contribution in [2.45, 2.75) is 45.4 Å². The van der Waals surface area contributed by atoms with Crippen LogP contribution in [0.4, 0.5) is 0 Å². The van der Waals surface area contributed by atoms with Crippen LogP contribution in [0.5, 0.6) is 0 Å². The third-order valence-electron chi connectivity index (χ3n) is 2.69. The molecule has 0 aliphatic rings. The summed E-state index contributed by atoms with van der Waals surface area (Å²) in [5.74, 6) is -0.293. The van der Waals surface area contributed by atoms with E-state index in [1.165, 1.54) is 23.8 Å². The van der Waals surface area contributed by atoms with Gasteiger partial charge in [-0.15, -0.1) is 11.8 Å². The summed E-state index contributed by atoms with van der Waals surface area (Å²) in [5, 5.41) is 2.76. The van der Waals surface area contributed by atoms with Gasteiger partial charge in [-0.25, -0.2) is 0 Å². The summed E-state index contributed by atoms with van der Waals surface area (Å²) in [4.78, 5) is 36.4. The van der Waals surface area contributed by atoms with Crippen molar-refractivity contribution in [2.75, 3.05) is 26.0 Å². The van der Waals surface area contributed by atoms with Gasteiger partial charge in [0.15, 0.2) is 0 Å².